The van der Waals surface area contributed by atoms with Crippen LogP contribution in [-0.2, 0) is 16.0 Å². The molecule has 0 fully saturated rings. The molecule has 0 bridgehead atoms. The fourth-order valence-electron chi connectivity index (χ4n) is 3.57. The van der Waals surface area contributed by atoms with Gasteiger partial charge >= 0.3 is 0 Å². The van der Waals surface area contributed by atoms with Crippen LogP contribution >= 0.6 is 0 Å². The maximum Gasteiger partial charge on any atom is 0.243 e. The van der Waals surface area contributed by atoms with Gasteiger partial charge in [-0.05, 0) is 62.4 Å². The summed E-state index contributed by atoms with van der Waals surface area (Å²) in [5.41, 5.74) is 1.15. The van der Waals surface area contributed by atoms with E-state index in [1.807, 2.05) is 75.4 Å². The Balaban J connectivity index is 1.98. The lowest BCUT2D eigenvalue weighted by Crippen LogP contribution is -2.51. The van der Waals surface area contributed by atoms with Crippen LogP contribution < -0.4 is 14.8 Å². The molecule has 0 heterocycles. The molecule has 6 heteroatoms. The fourth-order valence-corrected chi connectivity index (χ4v) is 3.57. The molecular formula is C27H38N2O4. The third kappa shape index (κ3) is 8.79. The zero-order chi connectivity index (χ0) is 24.1. The van der Waals surface area contributed by atoms with E-state index in [9.17, 15) is 9.59 Å². The number of ether oxygens (including phenoxy) is 2. The summed E-state index contributed by atoms with van der Waals surface area (Å²) < 4.78 is 10.9. The minimum atomic E-state index is -0.474. The largest absolute Gasteiger partial charge is 0.497 e. The number of hydrogen-bond acceptors (Lipinski definition) is 4. The number of nitrogens with one attached hydrogen (secondary N) is 1. The molecule has 0 aliphatic rings. The van der Waals surface area contributed by atoms with Crippen molar-refractivity contribution in [2.24, 2.45) is 0 Å². The highest BCUT2D eigenvalue weighted by molar-refractivity contribution is 5.87. The Bertz CT molecular complexity index is 839. The molecule has 33 heavy (non-hydrogen) atoms. The maximum atomic E-state index is 13.2. The molecule has 2 atom stereocenters. The number of nitrogens with zero attached hydrogens (tertiary/aromatic N) is 1. The lowest BCUT2D eigenvalue weighted by atomic mass is 10.1. The molecule has 0 saturated heterocycles. The fraction of sp³-hybridized carbons (Fsp3) is 0.481. The van der Waals surface area contributed by atoms with Crippen molar-refractivity contribution in [1.82, 2.24) is 10.2 Å². The number of benzene rings is 2. The third-order valence-electron chi connectivity index (χ3n) is 5.73. The van der Waals surface area contributed by atoms with Crippen molar-refractivity contribution in [3.05, 3.63) is 60.2 Å². The summed E-state index contributed by atoms with van der Waals surface area (Å²) in [5, 5.41) is 3.04. The van der Waals surface area contributed by atoms with Crippen molar-refractivity contribution in [3.8, 4) is 11.5 Å². The predicted molar refractivity (Wildman–Crippen MR) is 132 cm³/mol. The van der Waals surface area contributed by atoms with Crippen molar-refractivity contribution in [2.45, 2.75) is 65.0 Å². The summed E-state index contributed by atoms with van der Waals surface area (Å²) >= 11 is 0. The Morgan fingerprint density at radius 1 is 0.970 bits per heavy atom. The Kier molecular flexibility index (Phi) is 11.3. The van der Waals surface area contributed by atoms with Gasteiger partial charge in [0.25, 0.3) is 0 Å². The smallest absolute Gasteiger partial charge is 0.243 e. The standard InChI is InChI=1S/C27H38N2O4/c1-5-21(3)28-27(31)25(6-2)29(19-18-22-11-8-7-9-12-22)26(30)13-10-20-33-24-16-14-23(32-4)15-17-24/h7-9,11-12,14-17,21,25H,5-6,10,13,18-20H2,1-4H3,(H,28,31)/t21-,25+/m1/s1. The number of rotatable bonds is 14. The van der Waals surface area contributed by atoms with Crippen LogP contribution in [0.25, 0.3) is 0 Å². The number of carbonyl (C=O) groups is 2. The van der Waals surface area contributed by atoms with Crippen LogP contribution in [0.3, 0.4) is 0 Å². The van der Waals surface area contributed by atoms with E-state index >= 15 is 0 Å². The van der Waals surface area contributed by atoms with Crippen molar-refractivity contribution >= 4 is 11.8 Å². The molecule has 1 N–H and O–H groups in total. The van der Waals surface area contributed by atoms with Gasteiger partial charge in [-0.2, -0.15) is 0 Å². The van der Waals surface area contributed by atoms with Gasteiger partial charge in [-0.15, -0.1) is 0 Å². The molecule has 2 aromatic carbocycles. The van der Waals surface area contributed by atoms with Crippen LogP contribution in [0, 0.1) is 0 Å². The molecule has 0 aliphatic carbocycles. The zero-order valence-corrected chi connectivity index (χ0v) is 20.4. The normalized spacial score (nSPS) is 12.5. The Morgan fingerprint density at radius 3 is 2.24 bits per heavy atom. The molecule has 2 aromatic rings. The lowest BCUT2D eigenvalue weighted by molar-refractivity contribution is -0.141. The first-order valence-corrected chi connectivity index (χ1v) is 11.9. The average Bonchev–Trinajstić information content (AvgIpc) is 2.85. The van der Waals surface area contributed by atoms with Gasteiger partial charge in [0.15, 0.2) is 0 Å². The summed E-state index contributed by atoms with van der Waals surface area (Å²) in [6.07, 6.45) is 3.05. The van der Waals surface area contributed by atoms with Gasteiger partial charge in [0.05, 0.1) is 13.7 Å². The van der Waals surface area contributed by atoms with Crippen molar-refractivity contribution < 1.29 is 19.1 Å². The number of methoxy groups -OCH3 is 1. The zero-order valence-electron chi connectivity index (χ0n) is 20.4. The highest BCUT2D eigenvalue weighted by Gasteiger charge is 2.28. The molecule has 0 aromatic heterocycles. The molecule has 6 nitrogen and oxygen atoms in total. The monoisotopic (exact) mass is 454 g/mol. The van der Waals surface area contributed by atoms with E-state index in [4.69, 9.17) is 9.47 Å². The first-order valence-electron chi connectivity index (χ1n) is 11.9. The molecule has 2 rings (SSSR count). The van der Waals surface area contributed by atoms with Gasteiger partial charge < -0.3 is 19.7 Å². The second-order valence-corrected chi connectivity index (χ2v) is 8.19. The Labute approximate surface area is 198 Å². The van der Waals surface area contributed by atoms with E-state index in [2.05, 4.69) is 5.32 Å². The summed E-state index contributed by atoms with van der Waals surface area (Å²) in [5.74, 6) is 1.41. The topological polar surface area (TPSA) is 67.9 Å². The molecule has 2 amide bonds. The van der Waals surface area contributed by atoms with Crippen LogP contribution in [0.5, 0.6) is 11.5 Å². The predicted octanol–water partition coefficient (Wildman–Crippen LogP) is 4.62. The number of amides is 2. The third-order valence-corrected chi connectivity index (χ3v) is 5.73. The first kappa shape index (κ1) is 26.2. The van der Waals surface area contributed by atoms with Crippen LogP contribution in [0.4, 0.5) is 0 Å². The van der Waals surface area contributed by atoms with E-state index in [0.717, 1.165) is 23.5 Å². The quantitative estimate of drug-likeness (QED) is 0.423. The molecule has 0 unspecified atom stereocenters. The molecule has 0 spiro atoms. The SMILES string of the molecule is CC[C@@H](C)NC(=O)[C@H](CC)N(CCc1ccccc1)C(=O)CCCOc1ccc(OC)cc1. The van der Waals surface area contributed by atoms with E-state index in [0.29, 0.717) is 38.8 Å². The average molecular weight is 455 g/mol. The molecule has 0 saturated carbocycles. The van der Waals surface area contributed by atoms with Gasteiger partial charge in [0, 0.05) is 19.0 Å². The van der Waals surface area contributed by atoms with Crippen molar-refractivity contribution in [3.63, 3.8) is 0 Å². The number of carbonyl (C=O) groups excluding carboxylic acids is 2. The second kappa shape index (κ2) is 14.2. The van der Waals surface area contributed by atoms with Crippen LogP contribution in [0.1, 0.15) is 52.0 Å². The molecule has 0 aliphatic heterocycles. The lowest BCUT2D eigenvalue weighted by Gasteiger charge is -2.31. The summed E-state index contributed by atoms with van der Waals surface area (Å²) in [6, 6.07) is 17.0. The van der Waals surface area contributed by atoms with Gasteiger partial charge in [-0.25, -0.2) is 0 Å². The molecule has 0 radical (unpaired) electrons. The number of hydrogen-bond donors (Lipinski definition) is 1. The van der Waals surface area contributed by atoms with Crippen LogP contribution in [0.15, 0.2) is 54.6 Å². The highest BCUT2D eigenvalue weighted by atomic mass is 16.5. The summed E-state index contributed by atoms with van der Waals surface area (Å²) in [6.45, 7) is 6.91. The van der Waals surface area contributed by atoms with E-state index < -0.39 is 6.04 Å². The minimum absolute atomic E-state index is 0.0181. The van der Waals surface area contributed by atoms with Crippen molar-refractivity contribution in [1.29, 1.82) is 0 Å². The Hall–Kier alpha value is -3.02. The van der Waals surface area contributed by atoms with E-state index in [1.54, 1.807) is 12.0 Å². The van der Waals surface area contributed by atoms with Gasteiger partial charge in [0.2, 0.25) is 11.8 Å². The van der Waals surface area contributed by atoms with Gasteiger partial charge in [-0.1, -0.05) is 44.2 Å². The van der Waals surface area contributed by atoms with Crippen molar-refractivity contribution in [2.75, 3.05) is 20.3 Å². The van der Waals surface area contributed by atoms with E-state index in [1.165, 1.54) is 0 Å². The first-order chi connectivity index (χ1) is 16.0. The van der Waals surface area contributed by atoms with E-state index in [-0.39, 0.29) is 17.9 Å². The Morgan fingerprint density at radius 2 is 1.64 bits per heavy atom. The summed E-state index contributed by atoms with van der Waals surface area (Å²) in [4.78, 5) is 27.9. The highest BCUT2D eigenvalue weighted by Crippen LogP contribution is 2.18. The van der Waals surface area contributed by atoms with Gasteiger partial charge in [-0.3, -0.25) is 9.59 Å². The van der Waals surface area contributed by atoms with Crippen LogP contribution in [-0.4, -0.2) is 49.1 Å². The molecular weight excluding hydrogens is 416 g/mol. The van der Waals surface area contributed by atoms with Gasteiger partial charge in [0.1, 0.15) is 17.5 Å². The minimum Gasteiger partial charge on any atom is -0.497 e. The second-order valence-electron chi connectivity index (χ2n) is 8.19. The molecule has 180 valence electrons. The summed E-state index contributed by atoms with van der Waals surface area (Å²) in [7, 11) is 1.62. The van der Waals surface area contributed by atoms with Crippen LogP contribution in [0.2, 0.25) is 0 Å². The maximum absolute atomic E-state index is 13.2.